The number of halogens is 2. The Morgan fingerprint density at radius 3 is 2.59 bits per heavy atom. The zero-order chi connectivity index (χ0) is 29.1. The Labute approximate surface area is 246 Å². The van der Waals surface area contributed by atoms with E-state index in [4.69, 9.17) is 21.3 Å². The third kappa shape index (κ3) is 6.28. The Morgan fingerprint density at radius 2 is 1.85 bits per heavy atom. The quantitative estimate of drug-likeness (QED) is 0.113. The van der Waals surface area contributed by atoms with Crippen molar-refractivity contribution in [2.75, 3.05) is 0 Å². The summed E-state index contributed by atoms with van der Waals surface area (Å²) < 4.78 is 7.64. The molecule has 1 heterocycles. The topological polar surface area (TPSA) is 143 Å². The van der Waals surface area contributed by atoms with Gasteiger partial charge in [-0.3, -0.25) is 25.0 Å². The van der Waals surface area contributed by atoms with Crippen LogP contribution in [0.1, 0.15) is 55.0 Å². The summed E-state index contributed by atoms with van der Waals surface area (Å²) in [5, 5.41) is 27.7. The highest BCUT2D eigenvalue weighted by Crippen LogP contribution is 2.37. The summed E-state index contributed by atoms with van der Waals surface area (Å²) in [6.07, 6.45) is 6.30. The van der Waals surface area contributed by atoms with E-state index in [1.54, 1.807) is 18.2 Å². The van der Waals surface area contributed by atoms with E-state index < -0.39 is 15.5 Å². The molecule has 0 aliphatic heterocycles. The Kier molecular flexibility index (Phi) is 8.41. The van der Waals surface area contributed by atoms with Crippen LogP contribution in [0.3, 0.4) is 0 Å². The van der Waals surface area contributed by atoms with Crippen molar-refractivity contribution < 1.29 is 14.6 Å². The number of nitrogens with zero attached hydrogens (tertiary/aromatic N) is 5. The van der Waals surface area contributed by atoms with Gasteiger partial charge in [-0.25, -0.2) is 4.98 Å². The van der Waals surface area contributed by atoms with Crippen molar-refractivity contribution in [3.05, 3.63) is 112 Å². The van der Waals surface area contributed by atoms with E-state index in [0.717, 1.165) is 36.6 Å². The number of rotatable bonds is 8. The fourth-order valence-electron chi connectivity index (χ4n) is 4.89. The van der Waals surface area contributed by atoms with Crippen LogP contribution in [-0.4, -0.2) is 25.7 Å². The second kappa shape index (κ2) is 12.1. The highest BCUT2D eigenvalue weighted by molar-refractivity contribution is 9.10. The lowest BCUT2D eigenvalue weighted by molar-refractivity contribution is -0.385. The lowest BCUT2D eigenvalue weighted by atomic mass is 9.88. The van der Waals surface area contributed by atoms with Crippen molar-refractivity contribution in [1.82, 2.24) is 9.66 Å². The molecule has 0 amide bonds. The number of nitro benzene ring substituents is 2. The van der Waals surface area contributed by atoms with Gasteiger partial charge in [0.25, 0.3) is 11.2 Å². The zero-order valence-corrected chi connectivity index (χ0v) is 23.9. The van der Waals surface area contributed by atoms with Crippen LogP contribution < -0.4 is 10.3 Å². The van der Waals surface area contributed by atoms with E-state index >= 15 is 0 Å². The summed E-state index contributed by atoms with van der Waals surface area (Å²) >= 11 is 9.80. The number of hydrogen-bond acceptors (Lipinski definition) is 8. The van der Waals surface area contributed by atoms with Gasteiger partial charge in [0.15, 0.2) is 0 Å². The van der Waals surface area contributed by atoms with E-state index in [1.807, 2.05) is 6.07 Å². The van der Waals surface area contributed by atoms with Crippen LogP contribution in [0, 0.1) is 20.2 Å². The minimum atomic E-state index is -0.638. The molecule has 41 heavy (non-hydrogen) atoms. The molecule has 0 atom stereocenters. The van der Waals surface area contributed by atoms with Gasteiger partial charge in [-0.05, 0) is 42.7 Å². The highest BCUT2D eigenvalue weighted by atomic mass is 79.9. The fraction of sp³-hybridized carbons (Fsp3) is 0.250. The minimum Gasteiger partial charge on any atom is -0.481 e. The number of hydrogen-bond donors (Lipinski definition) is 0. The largest absolute Gasteiger partial charge is 0.481 e. The Balaban J connectivity index is 1.50. The van der Waals surface area contributed by atoms with Crippen LogP contribution in [0.5, 0.6) is 5.75 Å². The van der Waals surface area contributed by atoms with Gasteiger partial charge >= 0.3 is 5.69 Å². The first-order valence-electron chi connectivity index (χ1n) is 12.8. The van der Waals surface area contributed by atoms with Gasteiger partial charge in [0, 0.05) is 34.2 Å². The van der Waals surface area contributed by atoms with Gasteiger partial charge in [0.05, 0.1) is 32.0 Å². The van der Waals surface area contributed by atoms with Crippen LogP contribution in [0.15, 0.2) is 69.0 Å². The van der Waals surface area contributed by atoms with E-state index in [2.05, 4.69) is 21.0 Å². The van der Waals surface area contributed by atoms with Gasteiger partial charge in [-0.2, -0.15) is 9.78 Å². The maximum atomic E-state index is 13.5. The molecule has 13 heteroatoms. The number of benzene rings is 3. The molecular weight excluding hydrogens is 618 g/mol. The van der Waals surface area contributed by atoms with Crippen LogP contribution in [0.4, 0.5) is 11.4 Å². The average Bonchev–Trinajstić information content (AvgIpc) is 2.96. The molecule has 1 aromatic heterocycles. The lowest BCUT2D eigenvalue weighted by Crippen LogP contribution is -2.25. The molecule has 4 aromatic rings. The van der Waals surface area contributed by atoms with Crippen LogP contribution >= 0.6 is 27.5 Å². The smallest absolute Gasteiger partial charge is 0.313 e. The molecule has 3 aromatic carbocycles. The van der Waals surface area contributed by atoms with E-state index in [-0.39, 0.29) is 40.1 Å². The number of fused-ring (bicyclic) bond motifs is 1. The summed E-state index contributed by atoms with van der Waals surface area (Å²) in [6, 6.07) is 13.7. The predicted molar refractivity (Wildman–Crippen MR) is 158 cm³/mol. The first-order valence-corrected chi connectivity index (χ1v) is 14.0. The third-order valence-corrected chi connectivity index (χ3v) is 7.65. The molecule has 0 bridgehead atoms. The number of aromatic nitrogens is 2. The summed E-state index contributed by atoms with van der Waals surface area (Å²) in [6.45, 7) is -0.172. The van der Waals surface area contributed by atoms with Crippen LogP contribution in [0.25, 0.3) is 10.9 Å². The Bertz CT molecular complexity index is 1750. The molecule has 0 saturated heterocycles. The summed E-state index contributed by atoms with van der Waals surface area (Å²) in [5.74, 6) is 0.431. The van der Waals surface area contributed by atoms with Gasteiger partial charge in [0.2, 0.25) is 5.75 Å². The van der Waals surface area contributed by atoms with Gasteiger partial charge in [0.1, 0.15) is 12.4 Å². The maximum Gasteiger partial charge on any atom is 0.313 e. The minimum absolute atomic E-state index is 0.0495. The standard InChI is InChI=1S/C28H23BrClN5O6/c29-20-9-10-24-22(14-20)28(36)33(27(32-24)19-6-2-1-3-7-19)31-15-18-12-23(30)26(25(13-18)35(39)40)41-16-17-5-4-8-21(11-17)34(37)38/h4-5,8-15,19H,1-3,6-7,16H2. The van der Waals surface area contributed by atoms with Crippen molar-refractivity contribution in [1.29, 1.82) is 0 Å². The van der Waals surface area contributed by atoms with Crippen molar-refractivity contribution >= 4 is 56.0 Å². The van der Waals surface area contributed by atoms with Crippen LogP contribution in [0.2, 0.25) is 5.02 Å². The first kappa shape index (κ1) is 28.4. The molecular formula is C28H23BrClN5O6. The second-order valence-corrected chi connectivity index (χ2v) is 11.0. The van der Waals surface area contributed by atoms with E-state index in [1.165, 1.54) is 41.2 Å². The number of nitro groups is 2. The van der Waals surface area contributed by atoms with Gasteiger partial charge < -0.3 is 4.74 Å². The first-order chi connectivity index (χ1) is 19.7. The van der Waals surface area contributed by atoms with Gasteiger partial charge in [-0.1, -0.05) is 58.9 Å². The molecule has 1 saturated carbocycles. The molecule has 11 nitrogen and oxygen atoms in total. The Hall–Kier alpha value is -4.16. The van der Waals surface area contributed by atoms with Crippen LogP contribution in [-0.2, 0) is 6.61 Å². The molecule has 1 aliphatic rings. The SMILES string of the molecule is O=c1c2cc(Br)ccc2nc(C2CCCCC2)n1N=Cc1cc(Cl)c(OCc2cccc([N+](=O)[O-])c2)c([N+](=O)[O-])c1. The molecule has 0 N–H and O–H groups in total. The molecule has 5 rings (SSSR count). The second-order valence-electron chi connectivity index (χ2n) is 9.65. The molecule has 0 spiro atoms. The Morgan fingerprint density at radius 1 is 1.07 bits per heavy atom. The van der Waals surface area contributed by atoms with Gasteiger partial charge in [-0.15, -0.1) is 0 Å². The molecule has 210 valence electrons. The maximum absolute atomic E-state index is 13.5. The van der Waals surface area contributed by atoms with E-state index in [0.29, 0.717) is 22.3 Å². The monoisotopic (exact) mass is 639 g/mol. The van der Waals surface area contributed by atoms with Crippen molar-refractivity contribution in [2.24, 2.45) is 5.10 Å². The highest BCUT2D eigenvalue weighted by Gasteiger charge is 2.24. The summed E-state index contributed by atoms with van der Waals surface area (Å²) in [7, 11) is 0. The molecule has 1 fully saturated rings. The van der Waals surface area contributed by atoms with Crippen molar-refractivity contribution in [3.63, 3.8) is 0 Å². The van der Waals surface area contributed by atoms with Crippen molar-refractivity contribution in [2.45, 2.75) is 44.6 Å². The molecule has 1 aliphatic carbocycles. The van der Waals surface area contributed by atoms with E-state index in [9.17, 15) is 25.0 Å². The van der Waals surface area contributed by atoms with Crippen molar-refractivity contribution in [3.8, 4) is 5.75 Å². The molecule has 0 radical (unpaired) electrons. The fourth-order valence-corrected chi connectivity index (χ4v) is 5.53. The molecule has 0 unspecified atom stereocenters. The number of ether oxygens (including phenoxy) is 1. The zero-order valence-electron chi connectivity index (χ0n) is 21.5. The third-order valence-electron chi connectivity index (χ3n) is 6.87. The summed E-state index contributed by atoms with van der Waals surface area (Å²) in [4.78, 5) is 40.1. The average molecular weight is 641 g/mol. The lowest BCUT2D eigenvalue weighted by Gasteiger charge is -2.22. The number of non-ortho nitro benzene ring substituents is 1. The normalized spacial score (nSPS) is 14.0. The predicted octanol–water partition coefficient (Wildman–Crippen LogP) is 7.14. The summed E-state index contributed by atoms with van der Waals surface area (Å²) in [5.41, 5.74) is 0.418.